The second-order valence-electron chi connectivity index (χ2n) is 12.0. The Balaban J connectivity index is 3.06. The molecule has 1 saturated heterocycles. The maximum absolute atomic E-state index is 10.8. The van der Waals surface area contributed by atoms with E-state index in [0.29, 0.717) is 12.8 Å². The van der Waals surface area contributed by atoms with E-state index in [0.717, 1.165) is 12.7 Å². The number of hydrogen-bond donors (Lipinski definition) is 0. The first kappa shape index (κ1) is 28.0. The molecule has 0 aromatic rings. The van der Waals surface area contributed by atoms with E-state index in [1.165, 1.54) is 0 Å². The van der Waals surface area contributed by atoms with Gasteiger partial charge in [-0.25, -0.2) is 0 Å². The van der Waals surface area contributed by atoms with Gasteiger partial charge in [0, 0.05) is 12.8 Å². The molecule has 1 fully saturated rings. The Bertz CT molecular complexity index is 551. The molecule has 0 bridgehead atoms. The third kappa shape index (κ3) is 7.52. The molecule has 0 aromatic heterocycles. The van der Waals surface area contributed by atoms with Crippen molar-refractivity contribution >= 4 is 22.9 Å². The molecule has 0 amide bonds. The highest BCUT2D eigenvalue weighted by Crippen LogP contribution is 2.42. The minimum atomic E-state index is -2.02. The van der Waals surface area contributed by atoms with Crippen LogP contribution in [0.2, 0.25) is 36.3 Å². The topological polar surface area (TPSA) is 54.0 Å². The molecule has 0 aromatic carbocycles. The van der Waals surface area contributed by atoms with Gasteiger partial charge in [-0.3, -0.25) is 0 Å². The lowest BCUT2D eigenvalue weighted by atomic mass is 10.0. The number of carbonyl (C=O) groups is 1. The molecule has 178 valence electrons. The van der Waals surface area contributed by atoms with Crippen LogP contribution in [0.3, 0.4) is 0 Å². The minimum absolute atomic E-state index is 0.00853. The van der Waals surface area contributed by atoms with Crippen molar-refractivity contribution in [1.29, 1.82) is 0 Å². The van der Waals surface area contributed by atoms with Gasteiger partial charge in [-0.05, 0) is 56.5 Å². The average Bonchev–Trinajstić information content (AvgIpc) is 2.54. The zero-order chi connectivity index (χ0) is 23.5. The lowest BCUT2D eigenvalue weighted by molar-refractivity contribution is -0.268. The van der Waals surface area contributed by atoms with Gasteiger partial charge in [-0.15, -0.1) is 0 Å². The second-order valence-corrected chi connectivity index (χ2v) is 21.5. The van der Waals surface area contributed by atoms with E-state index in [9.17, 15) is 4.79 Å². The highest BCUT2D eigenvalue weighted by atomic mass is 28.4. The number of hydrogen-bond acceptors (Lipinski definition) is 5. The fraction of sp³-hybridized carbons (Fsp3) is 0.957. The molecule has 0 spiro atoms. The third-order valence-corrected chi connectivity index (χ3v) is 16.2. The van der Waals surface area contributed by atoms with Crippen LogP contribution in [0.5, 0.6) is 0 Å². The van der Waals surface area contributed by atoms with Gasteiger partial charge in [0.15, 0.2) is 22.9 Å². The molecule has 1 heterocycles. The maximum atomic E-state index is 10.8. The van der Waals surface area contributed by atoms with Crippen LogP contribution in [0.25, 0.3) is 0 Å². The highest BCUT2D eigenvalue weighted by molar-refractivity contribution is 6.74. The molecule has 2 unspecified atom stereocenters. The number of rotatable bonds is 9. The van der Waals surface area contributed by atoms with Crippen LogP contribution in [-0.2, 0) is 23.1 Å². The zero-order valence-electron chi connectivity index (χ0n) is 21.6. The van der Waals surface area contributed by atoms with Crippen LogP contribution in [0.15, 0.2) is 0 Å². The molecular weight excluding hydrogens is 412 g/mol. The number of carbonyl (C=O) groups excluding carboxylic acids is 1. The Labute approximate surface area is 187 Å². The quantitative estimate of drug-likeness (QED) is 0.299. The van der Waals surface area contributed by atoms with Gasteiger partial charge < -0.3 is 23.1 Å². The van der Waals surface area contributed by atoms with Crippen molar-refractivity contribution in [3.05, 3.63) is 0 Å². The molecule has 0 radical (unpaired) electrons. The summed E-state index contributed by atoms with van der Waals surface area (Å²) in [5.41, 5.74) is 0. The van der Waals surface area contributed by atoms with Gasteiger partial charge in [-0.2, -0.15) is 0 Å². The summed E-state index contributed by atoms with van der Waals surface area (Å²) in [5, 5.41) is 0.235. The predicted octanol–water partition coefficient (Wildman–Crippen LogP) is 6.29. The summed E-state index contributed by atoms with van der Waals surface area (Å²) in [7, 11) is -3.95. The van der Waals surface area contributed by atoms with Crippen LogP contribution in [-0.4, -0.2) is 53.6 Å². The summed E-state index contributed by atoms with van der Waals surface area (Å²) >= 11 is 0. The lowest BCUT2D eigenvalue weighted by Gasteiger charge is -2.48. The van der Waals surface area contributed by atoms with Crippen LogP contribution in [0.1, 0.15) is 74.7 Å². The Morgan fingerprint density at radius 3 is 1.87 bits per heavy atom. The smallest absolute Gasteiger partial charge is 0.192 e. The molecule has 0 N–H and O–H groups in total. The fourth-order valence-corrected chi connectivity index (χ4v) is 5.71. The molecule has 7 heteroatoms. The summed E-state index contributed by atoms with van der Waals surface area (Å²) in [6, 6.07) is 0. The van der Waals surface area contributed by atoms with Crippen molar-refractivity contribution < 1.29 is 23.1 Å². The van der Waals surface area contributed by atoms with E-state index < -0.39 is 22.9 Å². The van der Waals surface area contributed by atoms with E-state index in [4.69, 9.17) is 18.3 Å². The van der Waals surface area contributed by atoms with Gasteiger partial charge in [0.05, 0.1) is 24.4 Å². The first-order chi connectivity index (χ1) is 13.4. The molecule has 1 rings (SSSR count). The summed E-state index contributed by atoms with van der Waals surface area (Å²) in [6.45, 7) is 26.7. The third-order valence-electron chi connectivity index (χ3n) is 7.20. The van der Waals surface area contributed by atoms with Gasteiger partial charge in [0.2, 0.25) is 0 Å². The Morgan fingerprint density at radius 2 is 1.43 bits per heavy atom. The van der Waals surface area contributed by atoms with Crippen LogP contribution in [0, 0.1) is 0 Å². The van der Waals surface area contributed by atoms with Gasteiger partial charge in [-0.1, -0.05) is 41.5 Å². The molecular formula is C23H48O5Si2. The summed E-state index contributed by atoms with van der Waals surface area (Å²) in [4.78, 5) is 10.8. The fourth-order valence-electron chi connectivity index (χ4n) is 3.00. The summed E-state index contributed by atoms with van der Waals surface area (Å²) in [6.07, 6.45) is 2.15. The van der Waals surface area contributed by atoms with E-state index in [-0.39, 0.29) is 34.5 Å². The maximum Gasteiger partial charge on any atom is 0.192 e. The van der Waals surface area contributed by atoms with Crippen LogP contribution < -0.4 is 0 Å². The van der Waals surface area contributed by atoms with E-state index in [2.05, 4.69) is 74.7 Å². The lowest BCUT2D eigenvalue weighted by Crippen LogP contribution is -2.57. The summed E-state index contributed by atoms with van der Waals surface area (Å²) < 4.78 is 26.2. The predicted molar refractivity (Wildman–Crippen MR) is 129 cm³/mol. The van der Waals surface area contributed by atoms with Gasteiger partial charge in [0.25, 0.3) is 0 Å². The largest absolute Gasteiger partial charge is 0.411 e. The Morgan fingerprint density at radius 1 is 0.967 bits per heavy atom. The molecule has 0 aliphatic carbocycles. The van der Waals surface area contributed by atoms with Crippen molar-refractivity contribution in [1.82, 2.24) is 0 Å². The van der Waals surface area contributed by atoms with E-state index >= 15 is 0 Å². The van der Waals surface area contributed by atoms with Crippen molar-refractivity contribution in [3.8, 4) is 0 Å². The van der Waals surface area contributed by atoms with Crippen molar-refractivity contribution in [2.75, 3.05) is 0 Å². The molecule has 5 nitrogen and oxygen atoms in total. The molecule has 5 atom stereocenters. The standard InChI is InChI=1S/C23H48O5Si2/c1-17(14-13-15-24)25-21-20(28-30(11,12)23(6,7)8)16-19(18(2)26-21)27-29(9,10)22(3,4)5/h15,17-21H,13-14,16H2,1-12H3/t17-,18+,19?,20?,21-/m1/s1. The van der Waals surface area contributed by atoms with E-state index in [1.54, 1.807) is 0 Å². The molecule has 1 aliphatic rings. The summed E-state index contributed by atoms with van der Waals surface area (Å²) in [5.74, 6) is 0. The first-order valence-corrected chi connectivity index (χ1v) is 17.3. The normalized spacial score (nSPS) is 27.7. The van der Waals surface area contributed by atoms with Gasteiger partial charge >= 0.3 is 0 Å². The zero-order valence-corrected chi connectivity index (χ0v) is 23.6. The van der Waals surface area contributed by atoms with Crippen molar-refractivity contribution in [3.63, 3.8) is 0 Å². The highest BCUT2D eigenvalue weighted by Gasteiger charge is 2.48. The molecule has 1 aliphatic heterocycles. The Kier molecular flexibility index (Phi) is 9.56. The average molecular weight is 461 g/mol. The van der Waals surface area contributed by atoms with Crippen LogP contribution >= 0.6 is 0 Å². The van der Waals surface area contributed by atoms with Crippen molar-refractivity contribution in [2.24, 2.45) is 0 Å². The second kappa shape index (κ2) is 10.3. The van der Waals surface area contributed by atoms with Crippen molar-refractivity contribution in [2.45, 2.75) is 142 Å². The van der Waals surface area contributed by atoms with E-state index in [1.807, 2.05) is 6.92 Å². The molecule has 30 heavy (non-hydrogen) atoms. The van der Waals surface area contributed by atoms with Gasteiger partial charge in [0.1, 0.15) is 6.29 Å². The minimum Gasteiger partial charge on any atom is -0.411 e. The number of aldehydes is 1. The monoisotopic (exact) mass is 460 g/mol. The SMILES string of the molecule is C[C@H](CCC=O)O[C@@H]1O[C@@H](C)C(O[Si](C)(C)C(C)(C)C)CC1O[Si](C)(C)C(C)(C)C. The Hall–Kier alpha value is -0.0562. The number of ether oxygens (including phenoxy) is 2. The van der Waals surface area contributed by atoms with Crippen LogP contribution in [0.4, 0.5) is 0 Å². The first-order valence-electron chi connectivity index (χ1n) is 11.5. The molecule has 0 saturated carbocycles.